The minimum Gasteiger partial charge on any atom is -0.497 e. The van der Waals surface area contributed by atoms with Crippen molar-refractivity contribution in [3.05, 3.63) is 53.6 Å². The Morgan fingerprint density at radius 1 is 1.20 bits per heavy atom. The average molecular weight is 355 g/mol. The van der Waals surface area contributed by atoms with Crippen LogP contribution in [-0.4, -0.2) is 30.5 Å². The van der Waals surface area contributed by atoms with Gasteiger partial charge in [0.1, 0.15) is 5.75 Å². The molecule has 0 spiro atoms. The molecule has 0 unspecified atom stereocenters. The van der Waals surface area contributed by atoms with Crippen LogP contribution in [0.25, 0.3) is 10.2 Å². The summed E-state index contributed by atoms with van der Waals surface area (Å²) >= 11 is 1.35. The van der Waals surface area contributed by atoms with Crippen LogP contribution in [0.5, 0.6) is 5.75 Å². The van der Waals surface area contributed by atoms with Crippen LogP contribution in [0.15, 0.2) is 42.5 Å². The van der Waals surface area contributed by atoms with Crippen LogP contribution in [0.1, 0.15) is 15.9 Å². The number of hydrogen-bond acceptors (Lipinski definition) is 5. The fraction of sp³-hybridized carbons (Fsp3) is 0.167. The molecule has 7 heteroatoms. The van der Waals surface area contributed by atoms with Gasteiger partial charge in [0.15, 0.2) is 5.13 Å². The van der Waals surface area contributed by atoms with Gasteiger partial charge in [-0.05, 0) is 37.3 Å². The molecule has 2 N–H and O–H groups in total. The number of nitrogens with zero attached hydrogens (tertiary/aromatic N) is 1. The molecule has 3 aromatic rings. The quantitative estimate of drug-likeness (QED) is 0.737. The molecular weight excluding hydrogens is 338 g/mol. The highest BCUT2D eigenvalue weighted by atomic mass is 32.1. The third-order valence-electron chi connectivity index (χ3n) is 3.53. The number of carbonyl (C=O) groups is 2. The van der Waals surface area contributed by atoms with Crippen molar-refractivity contribution in [3.8, 4) is 5.75 Å². The molecule has 0 aliphatic carbocycles. The van der Waals surface area contributed by atoms with Gasteiger partial charge in [0.05, 0.1) is 23.9 Å². The van der Waals surface area contributed by atoms with E-state index in [1.54, 1.807) is 25.3 Å². The number of methoxy groups -OCH3 is 1. The van der Waals surface area contributed by atoms with Crippen molar-refractivity contribution >= 4 is 38.5 Å². The van der Waals surface area contributed by atoms with E-state index in [4.69, 9.17) is 4.74 Å². The van der Waals surface area contributed by atoms with E-state index in [0.29, 0.717) is 10.7 Å². The standard InChI is InChI=1S/C18H17N3O3S/c1-11-4-3-5-12(8-11)17(23)19-10-16(22)21-18-20-14-7-6-13(24-2)9-15(14)25-18/h3-9H,10H2,1-2H3,(H,19,23)(H,20,21,22). The summed E-state index contributed by atoms with van der Waals surface area (Å²) in [5.74, 6) is 0.124. The monoisotopic (exact) mass is 355 g/mol. The highest BCUT2D eigenvalue weighted by Gasteiger charge is 2.11. The van der Waals surface area contributed by atoms with Crippen molar-refractivity contribution < 1.29 is 14.3 Å². The zero-order chi connectivity index (χ0) is 17.8. The number of hydrogen-bond donors (Lipinski definition) is 2. The zero-order valence-electron chi connectivity index (χ0n) is 13.8. The number of carbonyl (C=O) groups excluding carboxylic acids is 2. The molecule has 25 heavy (non-hydrogen) atoms. The number of ether oxygens (including phenoxy) is 1. The van der Waals surface area contributed by atoms with Crippen LogP contribution in [0.4, 0.5) is 5.13 Å². The highest BCUT2D eigenvalue weighted by molar-refractivity contribution is 7.22. The van der Waals surface area contributed by atoms with E-state index in [9.17, 15) is 9.59 Å². The minimum atomic E-state index is -0.327. The Morgan fingerprint density at radius 3 is 2.80 bits per heavy atom. The van der Waals surface area contributed by atoms with Crippen LogP contribution in [-0.2, 0) is 4.79 Å². The fourth-order valence-electron chi connectivity index (χ4n) is 2.30. The predicted molar refractivity (Wildman–Crippen MR) is 98.3 cm³/mol. The Kier molecular flexibility index (Phi) is 4.95. The topological polar surface area (TPSA) is 80.3 Å². The molecule has 0 aliphatic rings. The number of thiazole rings is 1. The van der Waals surface area contributed by atoms with Crippen LogP contribution < -0.4 is 15.4 Å². The second-order valence-corrected chi connectivity index (χ2v) is 6.48. The lowest BCUT2D eigenvalue weighted by Gasteiger charge is -2.05. The SMILES string of the molecule is COc1ccc2nc(NC(=O)CNC(=O)c3cccc(C)c3)sc2c1. The summed E-state index contributed by atoms with van der Waals surface area (Å²) in [6.07, 6.45) is 0. The Labute approximate surface area is 148 Å². The molecule has 2 aromatic carbocycles. The second kappa shape index (κ2) is 7.31. The number of nitrogens with one attached hydrogen (secondary N) is 2. The van der Waals surface area contributed by atoms with Gasteiger partial charge in [0, 0.05) is 5.56 Å². The Balaban J connectivity index is 1.60. The largest absolute Gasteiger partial charge is 0.497 e. The maximum absolute atomic E-state index is 12.0. The molecule has 2 amide bonds. The number of amides is 2. The van der Waals surface area contributed by atoms with E-state index in [1.807, 2.05) is 31.2 Å². The number of fused-ring (bicyclic) bond motifs is 1. The molecule has 0 radical (unpaired) electrons. The lowest BCUT2D eigenvalue weighted by atomic mass is 10.1. The van der Waals surface area contributed by atoms with Gasteiger partial charge in [-0.15, -0.1) is 0 Å². The van der Waals surface area contributed by atoms with Crippen molar-refractivity contribution in [2.24, 2.45) is 0 Å². The molecule has 0 aliphatic heterocycles. The summed E-state index contributed by atoms with van der Waals surface area (Å²) in [7, 11) is 1.60. The summed E-state index contributed by atoms with van der Waals surface area (Å²) in [5.41, 5.74) is 2.30. The minimum absolute atomic E-state index is 0.119. The van der Waals surface area contributed by atoms with Crippen molar-refractivity contribution in [2.45, 2.75) is 6.92 Å². The van der Waals surface area contributed by atoms with Crippen LogP contribution in [0, 0.1) is 6.92 Å². The summed E-state index contributed by atoms with van der Waals surface area (Å²) in [5, 5.41) is 5.79. The van der Waals surface area contributed by atoms with Gasteiger partial charge in [-0.2, -0.15) is 0 Å². The van der Waals surface area contributed by atoms with E-state index in [1.165, 1.54) is 11.3 Å². The van der Waals surface area contributed by atoms with E-state index >= 15 is 0 Å². The molecule has 0 atom stereocenters. The van der Waals surface area contributed by atoms with Crippen LogP contribution in [0.2, 0.25) is 0 Å². The number of rotatable bonds is 5. The Morgan fingerprint density at radius 2 is 2.04 bits per heavy atom. The van der Waals surface area contributed by atoms with E-state index < -0.39 is 0 Å². The summed E-state index contributed by atoms with van der Waals surface area (Å²) in [6.45, 7) is 1.79. The fourth-order valence-corrected chi connectivity index (χ4v) is 3.21. The molecule has 1 aromatic heterocycles. The first-order chi connectivity index (χ1) is 12.0. The van der Waals surface area contributed by atoms with Crippen molar-refractivity contribution in [1.29, 1.82) is 0 Å². The van der Waals surface area contributed by atoms with Gasteiger partial charge in [0.25, 0.3) is 5.91 Å². The zero-order valence-corrected chi connectivity index (χ0v) is 14.6. The molecule has 0 saturated heterocycles. The first-order valence-electron chi connectivity index (χ1n) is 7.64. The Hall–Kier alpha value is -2.93. The molecular formula is C18H17N3O3S. The molecule has 0 bridgehead atoms. The van der Waals surface area contributed by atoms with E-state index in [2.05, 4.69) is 15.6 Å². The first-order valence-corrected chi connectivity index (χ1v) is 8.46. The lowest BCUT2D eigenvalue weighted by Crippen LogP contribution is -2.32. The van der Waals surface area contributed by atoms with Gasteiger partial charge in [-0.25, -0.2) is 4.98 Å². The summed E-state index contributed by atoms with van der Waals surface area (Å²) < 4.78 is 6.09. The molecule has 3 rings (SSSR count). The van der Waals surface area contributed by atoms with Gasteiger partial charge >= 0.3 is 0 Å². The number of benzene rings is 2. The molecule has 0 fully saturated rings. The van der Waals surface area contributed by atoms with Crippen molar-refractivity contribution in [3.63, 3.8) is 0 Å². The smallest absolute Gasteiger partial charge is 0.251 e. The highest BCUT2D eigenvalue weighted by Crippen LogP contribution is 2.28. The van der Waals surface area contributed by atoms with Gasteiger partial charge in [-0.3, -0.25) is 9.59 Å². The van der Waals surface area contributed by atoms with Crippen LogP contribution in [0.3, 0.4) is 0 Å². The maximum atomic E-state index is 12.0. The third-order valence-corrected chi connectivity index (χ3v) is 4.47. The molecule has 128 valence electrons. The first kappa shape index (κ1) is 16.9. The molecule has 1 heterocycles. The third kappa shape index (κ3) is 4.13. The maximum Gasteiger partial charge on any atom is 0.251 e. The number of anilines is 1. The van der Waals surface area contributed by atoms with Gasteiger partial charge in [-0.1, -0.05) is 29.0 Å². The van der Waals surface area contributed by atoms with Crippen molar-refractivity contribution in [1.82, 2.24) is 10.3 Å². The normalized spacial score (nSPS) is 10.5. The predicted octanol–water partition coefficient (Wildman–Crippen LogP) is 2.98. The summed E-state index contributed by atoms with van der Waals surface area (Å²) in [6, 6.07) is 12.7. The lowest BCUT2D eigenvalue weighted by molar-refractivity contribution is -0.115. The Bertz CT molecular complexity index is 936. The summed E-state index contributed by atoms with van der Waals surface area (Å²) in [4.78, 5) is 28.4. The van der Waals surface area contributed by atoms with Crippen LogP contribution >= 0.6 is 11.3 Å². The molecule has 6 nitrogen and oxygen atoms in total. The average Bonchev–Trinajstić information content (AvgIpc) is 3.00. The number of aromatic nitrogens is 1. The second-order valence-electron chi connectivity index (χ2n) is 5.45. The van der Waals surface area contributed by atoms with E-state index in [-0.39, 0.29) is 18.4 Å². The van der Waals surface area contributed by atoms with Crippen molar-refractivity contribution in [2.75, 3.05) is 19.0 Å². The molecule has 0 saturated carbocycles. The van der Waals surface area contributed by atoms with E-state index in [0.717, 1.165) is 21.5 Å². The van der Waals surface area contributed by atoms with Gasteiger partial charge in [0.2, 0.25) is 5.91 Å². The number of aryl methyl sites for hydroxylation is 1. The van der Waals surface area contributed by atoms with Gasteiger partial charge < -0.3 is 15.4 Å².